The second-order valence-electron chi connectivity index (χ2n) is 5.37. The van der Waals surface area contributed by atoms with Crippen LogP contribution in [-0.4, -0.2) is 26.4 Å². The fourth-order valence-electron chi connectivity index (χ4n) is 2.27. The van der Waals surface area contributed by atoms with Gasteiger partial charge < -0.3 is 9.88 Å². The summed E-state index contributed by atoms with van der Waals surface area (Å²) in [5.41, 5.74) is 1.49. The fourth-order valence-corrected chi connectivity index (χ4v) is 2.98. The van der Waals surface area contributed by atoms with Crippen LogP contribution in [0.15, 0.2) is 53.7 Å². The van der Waals surface area contributed by atoms with E-state index in [9.17, 15) is 9.18 Å². The Morgan fingerprint density at radius 1 is 1.23 bits per heavy atom. The minimum absolute atomic E-state index is 0.128. The van der Waals surface area contributed by atoms with E-state index < -0.39 is 0 Å². The van der Waals surface area contributed by atoms with Crippen LogP contribution in [0.3, 0.4) is 0 Å². The van der Waals surface area contributed by atoms with Gasteiger partial charge in [-0.3, -0.25) is 4.79 Å². The van der Waals surface area contributed by atoms with Gasteiger partial charge in [0.2, 0.25) is 5.91 Å². The second kappa shape index (κ2) is 7.80. The summed E-state index contributed by atoms with van der Waals surface area (Å²) in [5, 5.41) is 20.1. The Kier molecular flexibility index (Phi) is 5.29. The Morgan fingerprint density at radius 3 is 2.65 bits per heavy atom. The number of carbonyl (C=O) groups excluding carboxylic acids is 1. The minimum Gasteiger partial charge on any atom is -0.325 e. The van der Waals surface area contributed by atoms with Crippen molar-refractivity contribution < 1.29 is 9.18 Å². The maximum atomic E-state index is 13.9. The molecule has 0 radical (unpaired) electrons. The maximum absolute atomic E-state index is 13.9. The van der Waals surface area contributed by atoms with Crippen molar-refractivity contribution >= 4 is 23.4 Å². The first-order valence-electron chi connectivity index (χ1n) is 7.65. The van der Waals surface area contributed by atoms with Gasteiger partial charge in [-0.1, -0.05) is 23.9 Å². The van der Waals surface area contributed by atoms with Crippen molar-refractivity contribution in [2.24, 2.45) is 7.05 Å². The predicted octanol–water partition coefficient (Wildman–Crippen LogP) is 3.22. The van der Waals surface area contributed by atoms with Crippen LogP contribution in [-0.2, 0) is 11.8 Å². The quantitative estimate of drug-likeness (QED) is 0.700. The Labute approximate surface area is 153 Å². The predicted molar refractivity (Wildman–Crippen MR) is 96.9 cm³/mol. The standard InChI is InChI=1S/C18H14FN5OS/c1-24-17(14-4-2-3-5-15(14)19)22-23-18(24)26-11-16(25)21-13-8-6-12(10-20)7-9-13/h2-9H,11H2,1H3,(H,21,25). The van der Waals surface area contributed by atoms with Gasteiger partial charge in [0.25, 0.3) is 0 Å². The van der Waals surface area contributed by atoms with Crippen molar-refractivity contribution in [3.8, 4) is 17.5 Å². The lowest BCUT2D eigenvalue weighted by atomic mass is 10.2. The van der Waals surface area contributed by atoms with E-state index in [1.54, 1.807) is 54.1 Å². The van der Waals surface area contributed by atoms with E-state index in [1.807, 2.05) is 6.07 Å². The summed E-state index contributed by atoms with van der Waals surface area (Å²) in [6.07, 6.45) is 0. The number of amides is 1. The van der Waals surface area contributed by atoms with Gasteiger partial charge in [-0.25, -0.2) is 4.39 Å². The molecule has 0 saturated heterocycles. The van der Waals surface area contributed by atoms with Crippen LogP contribution in [0.25, 0.3) is 11.4 Å². The molecule has 0 aliphatic heterocycles. The molecule has 0 spiro atoms. The average molecular weight is 367 g/mol. The van der Waals surface area contributed by atoms with Crippen LogP contribution in [0.5, 0.6) is 0 Å². The van der Waals surface area contributed by atoms with E-state index in [4.69, 9.17) is 5.26 Å². The molecule has 0 bridgehead atoms. The summed E-state index contributed by atoms with van der Waals surface area (Å²) < 4.78 is 15.6. The molecule has 1 N–H and O–H groups in total. The number of benzene rings is 2. The zero-order valence-electron chi connectivity index (χ0n) is 13.8. The number of hydrogen-bond acceptors (Lipinski definition) is 5. The number of rotatable bonds is 5. The number of nitrogens with one attached hydrogen (secondary N) is 1. The molecule has 0 aliphatic rings. The molecule has 3 aromatic rings. The summed E-state index contributed by atoms with van der Waals surface area (Å²) in [5.74, 6) is -0.0603. The third kappa shape index (κ3) is 3.90. The third-order valence-electron chi connectivity index (χ3n) is 3.58. The van der Waals surface area contributed by atoms with Gasteiger partial charge in [-0.05, 0) is 36.4 Å². The van der Waals surface area contributed by atoms with Gasteiger partial charge >= 0.3 is 0 Å². The molecular weight excluding hydrogens is 353 g/mol. The Balaban J connectivity index is 1.64. The average Bonchev–Trinajstić information content (AvgIpc) is 3.01. The molecule has 0 saturated carbocycles. The lowest BCUT2D eigenvalue weighted by Crippen LogP contribution is -2.14. The number of aromatic nitrogens is 3. The van der Waals surface area contributed by atoms with Crippen molar-refractivity contribution in [2.45, 2.75) is 5.16 Å². The van der Waals surface area contributed by atoms with E-state index in [0.717, 1.165) is 0 Å². The molecule has 0 atom stereocenters. The van der Waals surface area contributed by atoms with E-state index in [1.165, 1.54) is 17.8 Å². The Hall–Kier alpha value is -3.18. The summed E-state index contributed by atoms with van der Waals surface area (Å²) >= 11 is 1.21. The van der Waals surface area contributed by atoms with Crippen molar-refractivity contribution in [3.63, 3.8) is 0 Å². The topological polar surface area (TPSA) is 83.6 Å². The first-order valence-corrected chi connectivity index (χ1v) is 8.64. The van der Waals surface area contributed by atoms with Crippen molar-refractivity contribution in [1.82, 2.24) is 14.8 Å². The zero-order valence-corrected chi connectivity index (χ0v) is 14.6. The molecule has 1 aromatic heterocycles. The van der Waals surface area contributed by atoms with Crippen LogP contribution < -0.4 is 5.32 Å². The molecular formula is C18H14FN5OS. The highest BCUT2D eigenvalue weighted by Gasteiger charge is 2.15. The van der Waals surface area contributed by atoms with Gasteiger partial charge in [0, 0.05) is 12.7 Å². The zero-order chi connectivity index (χ0) is 18.5. The Morgan fingerprint density at radius 2 is 1.96 bits per heavy atom. The third-order valence-corrected chi connectivity index (χ3v) is 4.60. The lowest BCUT2D eigenvalue weighted by Gasteiger charge is -2.06. The minimum atomic E-state index is -0.377. The smallest absolute Gasteiger partial charge is 0.234 e. The van der Waals surface area contributed by atoms with E-state index in [0.29, 0.717) is 27.8 Å². The molecule has 1 amide bonds. The SMILES string of the molecule is Cn1c(SCC(=O)Nc2ccc(C#N)cc2)nnc1-c1ccccc1F. The fraction of sp³-hybridized carbons (Fsp3) is 0.111. The van der Waals surface area contributed by atoms with Crippen LogP contribution in [0.1, 0.15) is 5.56 Å². The van der Waals surface area contributed by atoms with Crippen LogP contribution in [0.2, 0.25) is 0 Å². The number of anilines is 1. The van der Waals surface area contributed by atoms with Gasteiger partial charge in [0.15, 0.2) is 11.0 Å². The first-order chi connectivity index (χ1) is 12.6. The van der Waals surface area contributed by atoms with Gasteiger partial charge in [-0.15, -0.1) is 10.2 Å². The number of nitriles is 1. The number of thioether (sulfide) groups is 1. The van der Waals surface area contributed by atoms with Crippen LogP contribution in [0, 0.1) is 17.1 Å². The molecule has 6 nitrogen and oxygen atoms in total. The highest BCUT2D eigenvalue weighted by molar-refractivity contribution is 7.99. The highest BCUT2D eigenvalue weighted by atomic mass is 32.2. The summed E-state index contributed by atoms with van der Waals surface area (Å²) in [6, 6.07) is 14.9. The van der Waals surface area contributed by atoms with Crippen molar-refractivity contribution in [1.29, 1.82) is 5.26 Å². The highest BCUT2D eigenvalue weighted by Crippen LogP contribution is 2.24. The lowest BCUT2D eigenvalue weighted by molar-refractivity contribution is -0.113. The van der Waals surface area contributed by atoms with E-state index >= 15 is 0 Å². The van der Waals surface area contributed by atoms with Gasteiger partial charge in [0.05, 0.1) is 22.9 Å². The van der Waals surface area contributed by atoms with Crippen molar-refractivity contribution in [2.75, 3.05) is 11.1 Å². The van der Waals surface area contributed by atoms with Gasteiger partial charge in [-0.2, -0.15) is 5.26 Å². The molecule has 0 unspecified atom stereocenters. The van der Waals surface area contributed by atoms with Gasteiger partial charge in [0.1, 0.15) is 5.82 Å². The van der Waals surface area contributed by atoms with E-state index in [2.05, 4.69) is 15.5 Å². The number of hydrogen-bond donors (Lipinski definition) is 1. The molecule has 26 heavy (non-hydrogen) atoms. The molecule has 0 fully saturated rings. The summed E-state index contributed by atoms with van der Waals surface area (Å²) in [7, 11) is 1.72. The monoisotopic (exact) mass is 367 g/mol. The molecule has 2 aromatic carbocycles. The molecule has 0 aliphatic carbocycles. The summed E-state index contributed by atoms with van der Waals surface area (Å²) in [4.78, 5) is 12.1. The molecule has 130 valence electrons. The first kappa shape index (κ1) is 17.6. The van der Waals surface area contributed by atoms with E-state index in [-0.39, 0.29) is 17.5 Å². The van der Waals surface area contributed by atoms with Crippen LogP contribution >= 0.6 is 11.8 Å². The van der Waals surface area contributed by atoms with Crippen LogP contribution in [0.4, 0.5) is 10.1 Å². The largest absolute Gasteiger partial charge is 0.325 e. The normalized spacial score (nSPS) is 10.3. The number of halogens is 1. The maximum Gasteiger partial charge on any atom is 0.234 e. The molecule has 3 rings (SSSR count). The molecule has 1 heterocycles. The number of nitrogens with zero attached hydrogens (tertiary/aromatic N) is 4. The molecule has 8 heteroatoms. The second-order valence-corrected chi connectivity index (χ2v) is 6.31. The van der Waals surface area contributed by atoms with Crippen molar-refractivity contribution in [3.05, 3.63) is 59.9 Å². The number of carbonyl (C=O) groups is 1. The Bertz CT molecular complexity index is 978. The summed E-state index contributed by atoms with van der Waals surface area (Å²) in [6.45, 7) is 0.